The van der Waals surface area contributed by atoms with E-state index in [1.807, 2.05) is 0 Å². The molecule has 100 valence electrons. The molecule has 0 spiro atoms. The van der Waals surface area contributed by atoms with Gasteiger partial charge in [0, 0.05) is 13.1 Å². The van der Waals surface area contributed by atoms with Crippen LogP contribution in [0.25, 0.3) is 0 Å². The van der Waals surface area contributed by atoms with Gasteiger partial charge in [-0.15, -0.1) is 0 Å². The van der Waals surface area contributed by atoms with E-state index in [9.17, 15) is 0 Å². The van der Waals surface area contributed by atoms with Gasteiger partial charge in [0.1, 0.15) is 0 Å². The molecule has 1 saturated heterocycles. The number of benzene rings is 1. The Morgan fingerprint density at radius 2 is 2.17 bits per heavy atom. The monoisotopic (exact) mass is 246 g/mol. The summed E-state index contributed by atoms with van der Waals surface area (Å²) in [6, 6.07) is 6.80. The number of rotatable bonds is 4. The number of piperidine rings is 1. The Hall–Kier alpha value is -0.860. The average Bonchev–Trinajstić information content (AvgIpc) is 2.35. The first kappa shape index (κ1) is 13.6. The van der Waals surface area contributed by atoms with Crippen molar-refractivity contribution in [2.45, 2.75) is 33.2 Å². The molecule has 1 fully saturated rings. The third-order valence-corrected chi connectivity index (χ3v) is 3.99. The molecule has 1 aliphatic heterocycles. The Morgan fingerprint density at radius 1 is 1.33 bits per heavy atom. The second-order valence-electron chi connectivity index (χ2n) is 5.73. The standard InChI is InChI=1S/C16H26N2/c1-13-6-7-14(2)16(9-13)12-18-8-4-5-15(11-18)10-17-3/h6-7,9,15,17H,4-5,8,10-12H2,1-3H3. The van der Waals surface area contributed by atoms with E-state index in [1.54, 1.807) is 0 Å². The fourth-order valence-electron chi connectivity index (χ4n) is 2.96. The third kappa shape index (κ3) is 3.56. The van der Waals surface area contributed by atoms with Crippen molar-refractivity contribution >= 4 is 0 Å². The lowest BCUT2D eigenvalue weighted by Gasteiger charge is -2.33. The molecule has 1 atom stereocenters. The highest BCUT2D eigenvalue weighted by atomic mass is 15.1. The maximum atomic E-state index is 3.32. The minimum absolute atomic E-state index is 0.828. The molecule has 1 aromatic rings. The minimum Gasteiger partial charge on any atom is -0.319 e. The van der Waals surface area contributed by atoms with Crippen molar-refractivity contribution in [3.05, 3.63) is 34.9 Å². The predicted octanol–water partition coefficient (Wildman–Crippen LogP) is 2.73. The van der Waals surface area contributed by atoms with Gasteiger partial charge >= 0.3 is 0 Å². The molecule has 2 rings (SSSR count). The van der Waals surface area contributed by atoms with Gasteiger partial charge in [-0.2, -0.15) is 0 Å². The number of nitrogens with one attached hydrogen (secondary N) is 1. The molecular weight excluding hydrogens is 220 g/mol. The highest BCUT2D eigenvalue weighted by Crippen LogP contribution is 2.20. The van der Waals surface area contributed by atoms with Gasteiger partial charge in [-0.3, -0.25) is 4.90 Å². The molecule has 18 heavy (non-hydrogen) atoms. The molecular formula is C16H26N2. The summed E-state index contributed by atoms with van der Waals surface area (Å²) in [6.45, 7) is 9.19. The molecule has 0 aromatic heterocycles. The first-order valence-electron chi connectivity index (χ1n) is 7.12. The maximum absolute atomic E-state index is 3.32. The normalized spacial score (nSPS) is 21.2. The molecule has 1 aliphatic rings. The largest absolute Gasteiger partial charge is 0.319 e. The third-order valence-electron chi connectivity index (χ3n) is 3.99. The molecule has 0 bridgehead atoms. The summed E-state index contributed by atoms with van der Waals surface area (Å²) in [5.41, 5.74) is 4.30. The van der Waals surface area contributed by atoms with E-state index in [0.717, 1.165) is 19.0 Å². The van der Waals surface area contributed by atoms with Crippen LogP contribution < -0.4 is 5.32 Å². The van der Waals surface area contributed by atoms with Crippen LogP contribution in [-0.2, 0) is 6.54 Å². The van der Waals surface area contributed by atoms with Crippen LogP contribution in [0.15, 0.2) is 18.2 Å². The van der Waals surface area contributed by atoms with Crippen molar-refractivity contribution in [3.63, 3.8) is 0 Å². The van der Waals surface area contributed by atoms with E-state index in [-0.39, 0.29) is 0 Å². The fourth-order valence-corrected chi connectivity index (χ4v) is 2.96. The van der Waals surface area contributed by atoms with E-state index in [4.69, 9.17) is 0 Å². The summed E-state index contributed by atoms with van der Waals surface area (Å²) in [5.74, 6) is 0.828. The van der Waals surface area contributed by atoms with Crippen LogP contribution in [0.5, 0.6) is 0 Å². The van der Waals surface area contributed by atoms with Gasteiger partial charge in [0.15, 0.2) is 0 Å². The Balaban J connectivity index is 1.98. The summed E-state index contributed by atoms with van der Waals surface area (Å²) in [6.07, 6.45) is 2.72. The van der Waals surface area contributed by atoms with Crippen molar-refractivity contribution in [3.8, 4) is 0 Å². The van der Waals surface area contributed by atoms with Crippen LogP contribution in [-0.4, -0.2) is 31.6 Å². The van der Waals surface area contributed by atoms with Crippen molar-refractivity contribution in [2.75, 3.05) is 26.7 Å². The van der Waals surface area contributed by atoms with Crippen LogP contribution in [0.4, 0.5) is 0 Å². The van der Waals surface area contributed by atoms with E-state index in [0.29, 0.717) is 0 Å². The first-order chi connectivity index (χ1) is 8.69. The molecule has 0 amide bonds. The summed E-state index contributed by atoms with van der Waals surface area (Å²) in [4.78, 5) is 2.62. The highest BCUT2D eigenvalue weighted by molar-refractivity contribution is 5.30. The summed E-state index contributed by atoms with van der Waals surface area (Å²) in [7, 11) is 2.06. The minimum atomic E-state index is 0.828. The highest BCUT2D eigenvalue weighted by Gasteiger charge is 2.19. The number of likely N-dealkylation sites (tertiary alicyclic amines) is 1. The number of hydrogen-bond donors (Lipinski definition) is 1. The van der Waals surface area contributed by atoms with E-state index in [2.05, 4.69) is 49.3 Å². The molecule has 2 nitrogen and oxygen atoms in total. The van der Waals surface area contributed by atoms with Crippen LogP contribution in [0, 0.1) is 19.8 Å². The van der Waals surface area contributed by atoms with Gasteiger partial charge in [-0.1, -0.05) is 23.8 Å². The van der Waals surface area contributed by atoms with E-state index in [1.165, 1.54) is 42.6 Å². The summed E-state index contributed by atoms with van der Waals surface area (Å²) in [5, 5.41) is 3.32. The molecule has 2 heteroatoms. The van der Waals surface area contributed by atoms with Gasteiger partial charge in [0.2, 0.25) is 0 Å². The fraction of sp³-hybridized carbons (Fsp3) is 0.625. The Bertz CT molecular complexity index is 385. The average molecular weight is 246 g/mol. The SMILES string of the molecule is CNCC1CCCN(Cc2cc(C)ccc2C)C1. The van der Waals surface area contributed by atoms with Gasteiger partial charge in [-0.25, -0.2) is 0 Å². The van der Waals surface area contributed by atoms with Crippen molar-refractivity contribution < 1.29 is 0 Å². The van der Waals surface area contributed by atoms with Gasteiger partial charge in [0.25, 0.3) is 0 Å². The smallest absolute Gasteiger partial charge is 0.0236 e. The van der Waals surface area contributed by atoms with E-state index >= 15 is 0 Å². The molecule has 0 radical (unpaired) electrons. The van der Waals surface area contributed by atoms with Crippen LogP contribution in [0.1, 0.15) is 29.5 Å². The first-order valence-corrected chi connectivity index (χ1v) is 7.12. The summed E-state index contributed by atoms with van der Waals surface area (Å²) >= 11 is 0. The molecule has 1 heterocycles. The topological polar surface area (TPSA) is 15.3 Å². The lowest BCUT2D eigenvalue weighted by molar-refractivity contribution is 0.166. The van der Waals surface area contributed by atoms with Crippen LogP contribution >= 0.6 is 0 Å². The number of hydrogen-bond acceptors (Lipinski definition) is 2. The molecule has 1 unspecified atom stereocenters. The lowest BCUT2D eigenvalue weighted by atomic mass is 9.97. The second-order valence-corrected chi connectivity index (χ2v) is 5.73. The predicted molar refractivity (Wildman–Crippen MR) is 77.8 cm³/mol. The molecule has 1 N–H and O–H groups in total. The van der Waals surface area contributed by atoms with Crippen molar-refractivity contribution in [1.29, 1.82) is 0 Å². The van der Waals surface area contributed by atoms with Gasteiger partial charge in [-0.05, 0) is 63.9 Å². The zero-order valence-electron chi connectivity index (χ0n) is 12.0. The molecule has 0 aliphatic carbocycles. The lowest BCUT2D eigenvalue weighted by Crippen LogP contribution is -2.38. The zero-order valence-corrected chi connectivity index (χ0v) is 12.0. The van der Waals surface area contributed by atoms with Gasteiger partial charge in [0.05, 0.1) is 0 Å². The van der Waals surface area contributed by atoms with Gasteiger partial charge < -0.3 is 5.32 Å². The Labute approximate surface area is 111 Å². The Kier molecular flexibility index (Phi) is 4.79. The number of aryl methyl sites for hydroxylation is 2. The van der Waals surface area contributed by atoms with E-state index < -0.39 is 0 Å². The van der Waals surface area contributed by atoms with Crippen molar-refractivity contribution in [2.24, 2.45) is 5.92 Å². The zero-order chi connectivity index (χ0) is 13.0. The molecule has 1 aromatic carbocycles. The quantitative estimate of drug-likeness (QED) is 0.879. The molecule has 0 saturated carbocycles. The summed E-state index contributed by atoms with van der Waals surface area (Å²) < 4.78 is 0. The number of nitrogens with zero attached hydrogens (tertiary/aromatic N) is 1. The maximum Gasteiger partial charge on any atom is 0.0236 e. The van der Waals surface area contributed by atoms with Crippen LogP contribution in [0.3, 0.4) is 0 Å². The Morgan fingerprint density at radius 3 is 2.94 bits per heavy atom. The van der Waals surface area contributed by atoms with Crippen LogP contribution in [0.2, 0.25) is 0 Å². The second kappa shape index (κ2) is 6.35. The van der Waals surface area contributed by atoms with Crippen molar-refractivity contribution in [1.82, 2.24) is 10.2 Å².